The summed E-state index contributed by atoms with van der Waals surface area (Å²) in [6, 6.07) is 16.5. The summed E-state index contributed by atoms with van der Waals surface area (Å²) in [5, 5.41) is 7.52. The van der Waals surface area contributed by atoms with Crippen molar-refractivity contribution in [2.75, 3.05) is 16.4 Å². The Bertz CT molecular complexity index is 1230. The van der Waals surface area contributed by atoms with Crippen molar-refractivity contribution in [3.05, 3.63) is 67.1 Å². The second-order valence-electron chi connectivity index (χ2n) is 6.25. The van der Waals surface area contributed by atoms with Crippen LogP contribution in [-0.4, -0.2) is 29.1 Å². The van der Waals surface area contributed by atoms with Gasteiger partial charge in [-0.15, -0.1) is 0 Å². The average molecular weight is 393 g/mol. The zero-order chi connectivity index (χ0) is 19.6. The van der Waals surface area contributed by atoms with Crippen LogP contribution in [0, 0.1) is 0 Å². The van der Waals surface area contributed by atoms with E-state index < -0.39 is 9.84 Å². The Morgan fingerprint density at radius 1 is 0.929 bits per heavy atom. The molecule has 142 valence electrons. The van der Waals surface area contributed by atoms with Gasteiger partial charge in [0, 0.05) is 29.2 Å². The van der Waals surface area contributed by atoms with Crippen LogP contribution in [0.4, 0.5) is 23.0 Å². The van der Waals surface area contributed by atoms with Crippen LogP contribution in [0.25, 0.3) is 10.9 Å². The standard InChI is InChI=1S/C20H19N5O2S/c1-2-28(26,27)17-5-3-4-15(10-17)24-19-12-20(23-13-22-19)25-16-7-6-14-8-9-21-18(14)11-16/h3-13,21H,2H2,1H3,(H2,22,23,24,25). The number of hydrogen-bond donors (Lipinski definition) is 3. The zero-order valence-electron chi connectivity index (χ0n) is 15.2. The van der Waals surface area contributed by atoms with Crippen molar-refractivity contribution < 1.29 is 8.42 Å². The molecule has 0 aliphatic rings. The lowest BCUT2D eigenvalue weighted by atomic mass is 10.2. The van der Waals surface area contributed by atoms with Crippen molar-refractivity contribution in [3.8, 4) is 0 Å². The summed E-state index contributed by atoms with van der Waals surface area (Å²) in [5.41, 5.74) is 2.58. The predicted octanol–water partition coefficient (Wildman–Crippen LogP) is 4.24. The number of benzene rings is 2. The second kappa shape index (κ2) is 7.32. The van der Waals surface area contributed by atoms with Gasteiger partial charge in [0.2, 0.25) is 0 Å². The van der Waals surface area contributed by atoms with E-state index in [0.29, 0.717) is 17.3 Å². The van der Waals surface area contributed by atoms with Crippen LogP contribution in [0.15, 0.2) is 72.0 Å². The predicted molar refractivity (Wildman–Crippen MR) is 111 cm³/mol. The van der Waals surface area contributed by atoms with Gasteiger partial charge in [-0.1, -0.05) is 19.1 Å². The van der Waals surface area contributed by atoms with Crippen LogP contribution in [0.1, 0.15) is 6.92 Å². The molecule has 3 N–H and O–H groups in total. The second-order valence-corrected chi connectivity index (χ2v) is 8.53. The Labute approximate surface area is 162 Å². The van der Waals surface area contributed by atoms with Gasteiger partial charge in [-0.3, -0.25) is 0 Å². The molecule has 0 saturated carbocycles. The lowest BCUT2D eigenvalue weighted by molar-refractivity contribution is 0.597. The van der Waals surface area contributed by atoms with E-state index >= 15 is 0 Å². The fraction of sp³-hybridized carbons (Fsp3) is 0.100. The molecule has 0 radical (unpaired) electrons. The molecule has 0 atom stereocenters. The van der Waals surface area contributed by atoms with Gasteiger partial charge in [-0.05, 0) is 41.8 Å². The summed E-state index contributed by atoms with van der Waals surface area (Å²) in [4.78, 5) is 11.9. The van der Waals surface area contributed by atoms with Gasteiger partial charge in [0.05, 0.1) is 10.6 Å². The molecule has 0 aliphatic carbocycles. The van der Waals surface area contributed by atoms with Gasteiger partial charge in [-0.25, -0.2) is 18.4 Å². The molecule has 0 unspecified atom stereocenters. The largest absolute Gasteiger partial charge is 0.361 e. The lowest BCUT2D eigenvalue weighted by Gasteiger charge is -2.10. The number of nitrogens with one attached hydrogen (secondary N) is 3. The Hall–Kier alpha value is -3.39. The minimum Gasteiger partial charge on any atom is -0.361 e. The molecular weight excluding hydrogens is 374 g/mol. The fourth-order valence-electron chi connectivity index (χ4n) is 2.85. The molecule has 2 heterocycles. The third-order valence-corrected chi connectivity index (χ3v) is 6.07. The van der Waals surface area contributed by atoms with E-state index in [1.54, 1.807) is 37.3 Å². The van der Waals surface area contributed by atoms with E-state index in [2.05, 4.69) is 25.6 Å². The summed E-state index contributed by atoms with van der Waals surface area (Å²) in [7, 11) is -3.26. The molecule has 8 heteroatoms. The average Bonchev–Trinajstić information content (AvgIpc) is 3.16. The normalized spacial score (nSPS) is 11.5. The number of hydrogen-bond acceptors (Lipinski definition) is 6. The summed E-state index contributed by atoms with van der Waals surface area (Å²) >= 11 is 0. The third kappa shape index (κ3) is 3.81. The summed E-state index contributed by atoms with van der Waals surface area (Å²) in [6.07, 6.45) is 3.35. The molecule has 0 amide bonds. The van der Waals surface area contributed by atoms with Crippen LogP contribution in [0.5, 0.6) is 0 Å². The third-order valence-electron chi connectivity index (χ3n) is 4.34. The topological polar surface area (TPSA) is 99.8 Å². The maximum absolute atomic E-state index is 12.1. The van der Waals surface area contributed by atoms with E-state index in [0.717, 1.165) is 16.6 Å². The molecule has 4 rings (SSSR count). The number of nitrogens with zero attached hydrogens (tertiary/aromatic N) is 2. The minimum absolute atomic E-state index is 0.0587. The highest BCUT2D eigenvalue weighted by molar-refractivity contribution is 7.91. The van der Waals surface area contributed by atoms with Crippen molar-refractivity contribution in [2.24, 2.45) is 0 Å². The first-order valence-electron chi connectivity index (χ1n) is 8.79. The molecule has 28 heavy (non-hydrogen) atoms. The number of anilines is 4. The number of fused-ring (bicyclic) bond motifs is 1. The van der Waals surface area contributed by atoms with Gasteiger partial charge >= 0.3 is 0 Å². The molecule has 0 fully saturated rings. The zero-order valence-corrected chi connectivity index (χ0v) is 16.0. The first-order valence-corrected chi connectivity index (χ1v) is 10.4. The highest BCUT2D eigenvalue weighted by Crippen LogP contribution is 2.23. The monoisotopic (exact) mass is 393 g/mol. The molecule has 2 aromatic heterocycles. The van der Waals surface area contributed by atoms with Crippen molar-refractivity contribution >= 4 is 43.8 Å². The van der Waals surface area contributed by atoms with Gasteiger partial charge in [0.25, 0.3) is 0 Å². The molecule has 2 aromatic carbocycles. The Kier molecular flexibility index (Phi) is 4.70. The fourth-order valence-corrected chi connectivity index (χ4v) is 3.78. The van der Waals surface area contributed by atoms with E-state index in [9.17, 15) is 8.42 Å². The highest BCUT2D eigenvalue weighted by atomic mass is 32.2. The molecule has 0 saturated heterocycles. The molecule has 4 aromatic rings. The van der Waals surface area contributed by atoms with Crippen LogP contribution in [-0.2, 0) is 9.84 Å². The number of sulfone groups is 1. The van der Waals surface area contributed by atoms with Crippen molar-refractivity contribution in [1.29, 1.82) is 0 Å². The maximum atomic E-state index is 12.1. The van der Waals surface area contributed by atoms with Crippen LogP contribution in [0.2, 0.25) is 0 Å². The van der Waals surface area contributed by atoms with Crippen molar-refractivity contribution in [2.45, 2.75) is 11.8 Å². The van der Waals surface area contributed by atoms with E-state index in [-0.39, 0.29) is 10.6 Å². The molecule has 0 spiro atoms. The van der Waals surface area contributed by atoms with Crippen molar-refractivity contribution in [1.82, 2.24) is 15.0 Å². The smallest absolute Gasteiger partial charge is 0.178 e. The Morgan fingerprint density at radius 2 is 1.68 bits per heavy atom. The lowest BCUT2D eigenvalue weighted by Crippen LogP contribution is -2.04. The van der Waals surface area contributed by atoms with Gasteiger partial charge in [0.15, 0.2) is 9.84 Å². The molecule has 7 nitrogen and oxygen atoms in total. The number of H-pyrrole nitrogens is 1. The molecule has 0 bridgehead atoms. The van der Waals surface area contributed by atoms with Crippen LogP contribution < -0.4 is 10.6 Å². The van der Waals surface area contributed by atoms with E-state index in [4.69, 9.17) is 0 Å². The first-order chi connectivity index (χ1) is 13.5. The number of rotatable bonds is 6. The number of aromatic amines is 1. The quantitative estimate of drug-likeness (QED) is 0.453. The van der Waals surface area contributed by atoms with Crippen LogP contribution in [0.3, 0.4) is 0 Å². The van der Waals surface area contributed by atoms with E-state index in [1.807, 2.05) is 30.5 Å². The summed E-state index contributed by atoms with van der Waals surface area (Å²) < 4.78 is 24.1. The van der Waals surface area contributed by atoms with Crippen LogP contribution >= 0.6 is 0 Å². The summed E-state index contributed by atoms with van der Waals surface area (Å²) in [6.45, 7) is 1.63. The first kappa shape index (κ1) is 18.0. The van der Waals surface area contributed by atoms with Crippen molar-refractivity contribution in [3.63, 3.8) is 0 Å². The van der Waals surface area contributed by atoms with Gasteiger partial charge in [-0.2, -0.15) is 0 Å². The SMILES string of the molecule is CCS(=O)(=O)c1cccc(Nc2cc(Nc3ccc4cc[nH]c4c3)ncn2)c1. The minimum atomic E-state index is -3.26. The maximum Gasteiger partial charge on any atom is 0.178 e. The number of aromatic nitrogens is 3. The van der Waals surface area contributed by atoms with E-state index in [1.165, 1.54) is 6.33 Å². The Balaban J connectivity index is 1.55. The molecular formula is C20H19N5O2S. The highest BCUT2D eigenvalue weighted by Gasteiger charge is 2.12. The Morgan fingerprint density at radius 3 is 2.43 bits per heavy atom. The van der Waals surface area contributed by atoms with Gasteiger partial charge < -0.3 is 15.6 Å². The summed E-state index contributed by atoms with van der Waals surface area (Å²) in [5.74, 6) is 1.24. The van der Waals surface area contributed by atoms with Gasteiger partial charge in [0.1, 0.15) is 18.0 Å². The molecule has 0 aliphatic heterocycles.